The van der Waals surface area contributed by atoms with Crippen LogP contribution < -0.4 is 16.2 Å². The van der Waals surface area contributed by atoms with Gasteiger partial charge in [0.05, 0.1) is 13.3 Å². The summed E-state index contributed by atoms with van der Waals surface area (Å²) in [6.45, 7) is 0. The molecule has 6 heteroatoms. The summed E-state index contributed by atoms with van der Waals surface area (Å²) in [7, 11) is 1.46. The molecule has 0 aliphatic heterocycles. The molecule has 0 spiro atoms. The molecule has 0 unspecified atom stereocenters. The Morgan fingerprint density at radius 2 is 2.20 bits per heavy atom. The number of aromatic hydroxyl groups is 1. The van der Waals surface area contributed by atoms with Gasteiger partial charge in [-0.1, -0.05) is 6.07 Å². The van der Waals surface area contributed by atoms with Crippen LogP contribution in [0.2, 0.25) is 0 Å². The van der Waals surface area contributed by atoms with Crippen molar-refractivity contribution in [3.8, 4) is 11.5 Å². The normalized spacial score (nSPS) is 10.2. The molecule has 0 saturated heterocycles. The zero-order valence-corrected chi connectivity index (χ0v) is 8.21. The minimum atomic E-state index is -0.145. The molecule has 80 valence electrons. The van der Waals surface area contributed by atoms with Gasteiger partial charge in [-0.2, -0.15) is 5.10 Å². The van der Waals surface area contributed by atoms with Crippen molar-refractivity contribution in [3.05, 3.63) is 23.8 Å². The molecule has 0 radical (unpaired) electrons. The van der Waals surface area contributed by atoms with Crippen molar-refractivity contribution in [2.75, 3.05) is 7.11 Å². The molecule has 6 nitrogen and oxygen atoms in total. The summed E-state index contributed by atoms with van der Waals surface area (Å²) in [5.74, 6) is 0.215. The summed E-state index contributed by atoms with van der Waals surface area (Å²) in [4.78, 5) is 0. The molecule has 15 heavy (non-hydrogen) atoms. The Morgan fingerprint density at radius 3 is 2.80 bits per heavy atom. The lowest BCUT2D eigenvalue weighted by molar-refractivity contribution is 0.373. The first-order valence-corrected chi connectivity index (χ1v) is 4.13. The van der Waals surface area contributed by atoms with E-state index in [1.807, 2.05) is 0 Å². The van der Waals surface area contributed by atoms with Crippen molar-refractivity contribution in [2.45, 2.75) is 0 Å². The van der Waals surface area contributed by atoms with Crippen LogP contribution >= 0.6 is 0 Å². The van der Waals surface area contributed by atoms with Crippen molar-refractivity contribution in [2.24, 2.45) is 21.7 Å². The predicted molar refractivity (Wildman–Crippen MR) is 58.1 cm³/mol. The maximum atomic E-state index is 9.63. The number of para-hydroxylation sites is 1. The van der Waals surface area contributed by atoms with Crippen molar-refractivity contribution in [1.29, 1.82) is 0 Å². The Labute approximate surface area is 86.9 Å². The number of methoxy groups -OCH3 is 1. The van der Waals surface area contributed by atoms with Crippen LogP contribution in [-0.4, -0.2) is 24.4 Å². The van der Waals surface area contributed by atoms with Gasteiger partial charge in [-0.25, -0.2) is 0 Å². The van der Waals surface area contributed by atoms with Gasteiger partial charge in [0.25, 0.3) is 0 Å². The van der Waals surface area contributed by atoms with E-state index in [0.717, 1.165) is 0 Å². The van der Waals surface area contributed by atoms with E-state index in [1.54, 1.807) is 18.2 Å². The molecule has 0 aromatic heterocycles. The molecule has 1 rings (SSSR count). The van der Waals surface area contributed by atoms with Crippen LogP contribution in [0.1, 0.15) is 5.56 Å². The number of nitrogens with two attached hydrogens (primary N) is 2. The van der Waals surface area contributed by atoms with Gasteiger partial charge in [0.1, 0.15) is 0 Å². The molecule has 5 N–H and O–H groups in total. The molecule has 0 bridgehead atoms. The van der Waals surface area contributed by atoms with E-state index in [9.17, 15) is 5.11 Å². The predicted octanol–water partition coefficient (Wildman–Crippen LogP) is 0.00810. The highest BCUT2D eigenvalue weighted by Gasteiger charge is 2.04. The van der Waals surface area contributed by atoms with Crippen molar-refractivity contribution < 1.29 is 9.84 Å². The Balaban J connectivity index is 2.95. The van der Waals surface area contributed by atoms with Crippen molar-refractivity contribution in [1.82, 2.24) is 0 Å². The molecule has 0 fully saturated rings. The number of hydrogen-bond donors (Lipinski definition) is 3. The van der Waals surface area contributed by atoms with E-state index < -0.39 is 0 Å². The summed E-state index contributed by atoms with van der Waals surface area (Å²) >= 11 is 0. The quantitative estimate of drug-likeness (QED) is 0.369. The van der Waals surface area contributed by atoms with Crippen LogP contribution in [0.4, 0.5) is 0 Å². The Kier molecular flexibility index (Phi) is 3.50. The minimum absolute atomic E-state index is 0.00505. The maximum absolute atomic E-state index is 9.63. The summed E-state index contributed by atoms with van der Waals surface area (Å²) in [5, 5.41) is 16.6. The number of nitrogens with zero attached hydrogens (tertiary/aromatic N) is 2. The van der Waals surface area contributed by atoms with Crippen LogP contribution in [0, 0.1) is 0 Å². The fourth-order valence-corrected chi connectivity index (χ4v) is 0.966. The number of ether oxygens (including phenoxy) is 1. The highest BCUT2D eigenvalue weighted by atomic mass is 16.5. The smallest absolute Gasteiger partial charge is 0.211 e. The second-order valence-electron chi connectivity index (χ2n) is 2.67. The summed E-state index contributed by atoms with van der Waals surface area (Å²) < 4.78 is 4.92. The fraction of sp³-hybridized carbons (Fsp3) is 0.111. The third-order valence-corrected chi connectivity index (χ3v) is 1.62. The third-order valence-electron chi connectivity index (χ3n) is 1.62. The van der Waals surface area contributed by atoms with Gasteiger partial charge in [0.2, 0.25) is 5.96 Å². The first-order valence-electron chi connectivity index (χ1n) is 4.13. The van der Waals surface area contributed by atoms with E-state index in [4.69, 9.17) is 16.2 Å². The highest BCUT2D eigenvalue weighted by molar-refractivity contribution is 5.85. The summed E-state index contributed by atoms with van der Waals surface area (Å²) in [6, 6.07) is 5.01. The number of benzene rings is 1. The van der Waals surface area contributed by atoms with Crippen LogP contribution in [0.15, 0.2) is 28.4 Å². The van der Waals surface area contributed by atoms with E-state index in [2.05, 4.69) is 10.2 Å². The third kappa shape index (κ3) is 2.87. The monoisotopic (exact) mass is 208 g/mol. The van der Waals surface area contributed by atoms with Gasteiger partial charge in [0.15, 0.2) is 11.5 Å². The van der Waals surface area contributed by atoms with Gasteiger partial charge in [0, 0.05) is 5.56 Å². The highest BCUT2D eigenvalue weighted by Crippen LogP contribution is 2.27. The minimum Gasteiger partial charge on any atom is -0.504 e. The molecule has 0 amide bonds. The Bertz CT molecular complexity index is 397. The topological polar surface area (TPSA) is 106 Å². The van der Waals surface area contributed by atoms with E-state index in [0.29, 0.717) is 11.3 Å². The summed E-state index contributed by atoms with van der Waals surface area (Å²) in [5.41, 5.74) is 10.6. The molecule has 1 aromatic rings. The molecule has 0 atom stereocenters. The lowest BCUT2D eigenvalue weighted by atomic mass is 10.2. The van der Waals surface area contributed by atoms with E-state index in [-0.39, 0.29) is 11.7 Å². The zero-order valence-electron chi connectivity index (χ0n) is 8.21. The lowest BCUT2D eigenvalue weighted by Crippen LogP contribution is -2.21. The van der Waals surface area contributed by atoms with Gasteiger partial charge < -0.3 is 21.3 Å². The van der Waals surface area contributed by atoms with Crippen LogP contribution in [0.3, 0.4) is 0 Å². The number of rotatable bonds is 3. The molecular formula is C9H12N4O2. The standard InChI is InChI=1S/C9H12N4O2/c1-15-7-4-2-3-6(8(7)14)5-12-13-9(10)11/h2-5,14H,1H3,(H4,10,11,13)/b12-5-. The second kappa shape index (κ2) is 4.85. The summed E-state index contributed by atoms with van der Waals surface area (Å²) in [6.07, 6.45) is 1.33. The van der Waals surface area contributed by atoms with Crippen LogP contribution in [-0.2, 0) is 0 Å². The zero-order chi connectivity index (χ0) is 11.3. The maximum Gasteiger partial charge on any atom is 0.211 e. The molecule has 0 aliphatic carbocycles. The molecular weight excluding hydrogens is 196 g/mol. The number of phenols is 1. The number of guanidine groups is 1. The van der Waals surface area contributed by atoms with Gasteiger partial charge in [-0.15, -0.1) is 5.10 Å². The molecule has 0 heterocycles. The van der Waals surface area contributed by atoms with Gasteiger partial charge in [-0.05, 0) is 12.1 Å². The van der Waals surface area contributed by atoms with Crippen molar-refractivity contribution >= 4 is 12.2 Å². The van der Waals surface area contributed by atoms with Gasteiger partial charge >= 0.3 is 0 Å². The van der Waals surface area contributed by atoms with Crippen molar-refractivity contribution in [3.63, 3.8) is 0 Å². The first kappa shape index (κ1) is 10.8. The van der Waals surface area contributed by atoms with E-state index >= 15 is 0 Å². The van der Waals surface area contributed by atoms with E-state index in [1.165, 1.54) is 13.3 Å². The Hall–Kier alpha value is -2.24. The molecule has 0 saturated carbocycles. The molecule has 0 aliphatic rings. The largest absolute Gasteiger partial charge is 0.504 e. The number of phenolic OH excluding ortho intramolecular Hbond substituents is 1. The van der Waals surface area contributed by atoms with Crippen LogP contribution in [0.5, 0.6) is 11.5 Å². The lowest BCUT2D eigenvalue weighted by Gasteiger charge is -2.04. The molecule has 1 aromatic carbocycles. The average molecular weight is 208 g/mol. The Morgan fingerprint density at radius 1 is 1.47 bits per heavy atom. The number of hydrogen-bond acceptors (Lipinski definition) is 4. The van der Waals surface area contributed by atoms with Crippen LogP contribution in [0.25, 0.3) is 0 Å². The fourth-order valence-electron chi connectivity index (χ4n) is 0.966. The first-order chi connectivity index (χ1) is 7.15. The van der Waals surface area contributed by atoms with Gasteiger partial charge in [-0.3, -0.25) is 0 Å². The average Bonchev–Trinajstić information content (AvgIpc) is 2.20. The SMILES string of the molecule is COc1cccc(/C=N\N=C(N)N)c1O. The second-order valence-corrected chi connectivity index (χ2v) is 2.67.